The van der Waals surface area contributed by atoms with Gasteiger partial charge in [-0.15, -0.1) is 0 Å². The largest absolute Gasteiger partial charge is 0.458 e. The van der Waals surface area contributed by atoms with E-state index in [1.54, 1.807) is 34.6 Å². The van der Waals surface area contributed by atoms with Gasteiger partial charge >= 0.3 is 5.97 Å². The molecule has 0 bridgehead atoms. The third-order valence-electron chi connectivity index (χ3n) is 15.9. The van der Waals surface area contributed by atoms with Crippen molar-refractivity contribution in [3.05, 3.63) is 12.2 Å². The SMILES string of the molecule is CC=CCC(C)C1OC(=O)C(C(C)C)N(C)C(=O)C(CC(C)C)N(C)C(=O)C(CC(C)C)N(C)C(=O)C(C)NC(=O)C(C)NC(=O)C(CC(C)C)N(C)C(=O)C(C(C)C)NC(=O)C(CC(C)C)N(C)C(=O)CN(C)C(=O)C(CC)NC(=O)C1NC. The van der Waals surface area contributed by atoms with Crippen LogP contribution < -0.4 is 26.6 Å². The van der Waals surface area contributed by atoms with E-state index in [0.717, 1.165) is 4.90 Å². The van der Waals surface area contributed by atoms with E-state index in [4.69, 9.17) is 4.74 Å². The van der Waals surface area contributed by atoms with Gasteiger partial charge < -0.3 is 60.7 Å². The van der Waals surface area contributed by atoms with Crippen LogP contribution >= 0.6 is 0 Å². The summed E-state index contributed by atoms with van der Waals surface area (Å²) in [4.78, 5) is 167. The summed E-state index contributed by atoms with van der Waals surface area (Å²) in [5.41, 5.74) is 0. The molecule has 0 aromatic carbocycles. The second-order valence-corrected chi connectivity index (χ2v) is 25.9. The first-order valence-corrected chi connectivity index (χ1v) is 30.6. The first-order valence-electron chi connectivity index (χ1n) is 30.6. The molecule has 1 saturated heterocycles. The number of nitrogens with zero attached hydrogens (tertiary/aromatic N) is 6. The summed E-state index contributed by atoms with van der Waals surface area (Å²) >= 11 is 0. The molecule has 10 amide bonds. The van der Waals surface area contributed by atoms with Crippen LogP contribution in [0.4, 0.5) is 0 Å². The summed E-state index contributed by atoms with van der Waals surface area (Å²) in [5, 5.41) is 14.1. The molecule has 1 aliphatic rings. The first-order chi connectivity index (χ1) is 39.3. The number of hydrogen-bond acceptors (Lipinski definition) is 13. The number of esters is 1. The van der Waals surface area contributed by atoms with Gasteiger partial charge in [-0.05, 0) is 108 Å². The molecule has 0 saturated carbocycles. The van der Waals surface area contributed by atoms with Gasteiger partial charge in [0.2, 0.25) is 59.1 Å². The predicted octanol–water partition coefficient (Wildman–Crippen LogP) is 3.58. The van der Waals surface area contributed by atoms with Gasteiger partial charge in [-0.25, -0.2) is 4.79 Å². The average molecular weight is 1200 g/mol. The fraction of sp³-hybridized carbons (Fsp3) is 0.790. The Hall–Kier alpha value is -6.13. The van der Waals surface area contributed by atoms with E-state index in [0.29, 0.717) is 6.42 Å². The zero-order valence-electron chi connectivity index (χ0n) is 56.1. The molecule has 23 nitrogen and oxygen atoms in total. The minimum absolute atomic E-state index is 0.0974. The topological polar surface area (TPSA) is 277 Å². The van der Waals surface area contributed by atoms with Crippen molar-refractivity contribution in [3.63, 3.8) is 0 Å². The van der Waals surface area contributed by atoms with Gasteiger partial charge in [0, 0.05) is 42.3 Å². The first kappa shape index (κ1) is 76.9. The number of amides is 10. The highest BCUT2D eigenvalue weighted by Crippen LogP contribution is 2.25. The summed E-state index contributed by atoms with van der Waals surface area (Å²) in [6.45, 7) is 29.7. The number of ether oxygens (including phenoxy) is 1. The van der Waals surface area contributed by atoms with Gasteiger partial charge in [-0.1, -0.05) is 109 Å². The van der Waals surface area contributed by atoms with E-state index >= 15 is 4.79 Å². The molecule has 486 valence electrons. The van der Waals surface area contributed by atoms with Gasteiger partial charge in [-0.3, -0.25) is 47.9 Å². The number of cyclic esters (lactones) is 1. The summed E-state index contributed by atoms with van der Waals surface area (Å²) < 4.78 is 6.35. The minimum Gasteiger partial charge on any atom is -0.458 e. The maximum Gasteiger partial charge on any atom is 0.329 e. The van der Waals surface area contributed by atoms with E-state index in [1.165, 1.54) is 87.7 Å². The highest BCUT2D eigenvalue weighted by Gasteiger charge is 2.44. The molecule has 0 radical (unpaired) electrons. The molecule has 1 heterocycles. The van der Waals surface area contributed by atoms with Gasteiger partial charge in [0.25, 0.3) is 0 Å². The van der Waals surface area contributed by atoms with Crippen LogP contribution in [-0.2, 0) is 57.5 Å². The summed E-state index contributed by atoms with van der Waals surface area (Å²) in [5.74, 6) is -9.18. The third-order valence-corrected chi connectivity index (χ3v) is 15.9. The van der Waals surface area contributed by atoms with Crippen molar-refractivity contribution in [1.82, 2.24) is 56.0 Å². The molecule has 0 aromatic rings. The third kappa shape index (κ3) is 22.3. The van der Waals surface area contributed by atoms with Crippen molar-refractivity contribution in [2.75, 3.05) is 55.9 Å². The predicted molar refractivity (Wildman–Crippen MR) is 329 cm³/mol. The van der Waals surface area contributed by atoms with E-state index in [1.807, 2.05) is 81.4 Å². The molecule has 85 heavy (non-hydrogen) atoms. The molecule has 12 atom stereocenters. The fourth-order valence-electron chi connectivity index (χ4n) is 10.6. The Labute approximate surface area is 509 Å². The van der Waals surface area contributed by atoms with Crippen LogP contribution in [0.5, 0.6) is 0 Å². The molecule has 12 unspecified atom stereocenters. The molecular formula is C62H111N11O12. The Balaban J connectivity index is 4.25. The van der Waals surface area contributed by atoms with Crippen molar-refractivity contribution in [1.29, 1.82) is 0 Å². The molecule has 23 heteroatoms. The van der Waals surface area contributed by atoms with Crippen molar-refractivity contribution in [3.8, 4) is 0 Å². The lowest BCUT2D eigenvalue weighted by molar-refractivity contribution is -0.167. The lowest BCUT2D eigenvalue weighted by atomic mass is 9.92. The zero-order valence-corrected chi connectivity index (χ0v) is 56.1. The summed E-state index contributed by atoms with van der Waals surface area (Å²) in [6.07, 6.45) is 3.69. The average Bonchev–Trinajstić information content (AvgIpc) is 3.63. The van der Waals surface area contributed by atoms with Gasteiger partial charge in [0.05, 0.1) is 6.54 Å². The Bertz CT molecular complexity index is 2310. The quantitative estimate of drug-likeness (QED) is 0.116. The molecule has 5 N–H and O–H groups in total. The highest BCUT2D eigenvalue weighted by atomic mass is 16.5. The van der Waals surface area contributed by atoms with Crippen LogP contribution in [0.3, 0.4) is 0 Å². The van der Waals surface area contributed by atoms with Crippen LogP contribution in [0, 0.1) is 41.4 Å². The van der Waals surface area contributed by atoms with Crippen LogP contribution in [0.2, 0.25) is 0 Å². The number of carbonyl (C=O) groups is 11. The maximum absolute atomic E-state index is 15.0. The molecular weight excluding hydrogens is 1090 g/mol. The summed E-state index contributed by atoms with van der Waals surface area (Å²) in [7, 11) is 10.2. The Morgan fingerprint density at radius 1 is 0.518 bits per heavy atom. The maximum atomic E-state index is 15.0. The van der Waals surface area contributed by atoms with Crippen LogP contribution in [-0.4, -0.2) is 217 Å². The molecule has 0 aromatic heterocycles. The van der Waals surface area contributed by atoms with Gasteiger partial charge in [0.15, 0.2) is 0 Å². The van der Waals surface area contributed by atoms with Gasteiger partial charge in [-0.2, -0.15) is 0 Å². The number of nitrogens with one attached hydrogen (secondary N) is 5. The lowest BCUT2D eigenvalue weighted by Crippen LogP contribution is -2.61. The number of likely N-dealkylation sites (N-methyl/N-ethyl adjacent to an activating group) is 7. The molecule has 0 spiro atoms. The number of hydrogen-bond donors (Lipinski definition) is 5. The molecule has 1 rings (SSSR count). The molecule has 1 fully saturated rings. The second-order valence-electron chi connectivity index (χ2n) is 25.9. The zero-order chi connectivity index (χ0) is 65.8. The van der Waals surface area contributed by atoms with E-state index in [-0.39, 0.29) is 55.8 Å². The number of rotatable bonds is 15. The number of allylic oxidation sites excluding steroid dienone is 2. The fourth-order valence-corrected chi connectivity index (χ4v) is 10.6. The summed E-state index contributed by atoms with van der Waals surface area (Å²) in [6, 6.07) is -11.7. The van der Waals surface area contributed by atoms with Crippen LogP contribution in [0.15, 0.2) is 12.2 Å². The van der Waals surface area contributed by atoms with Gasteiger partial charge in [0.1, 0.15) is 66.5 Å². The number of carbonyl (C=O) groups excluding carboxylic acids is 11. The minimum atomic E-state index is -1.23. The second kappa shape index (κ2) is 35.5. The standard InChI is InChI=1S/C62H111N11O12/c1-25-27-28-40(15)52-50(63-18)56(78)66-43(26-2)58(80)68(19)33-48(74)69(20)44(29-34(3)4)55(77)67-49(38(11)12)61(83)70(21)45(30-35(5)6)54(76)64-41(16)53(75)65-42(17)57(79)71(22)46(31-36(7)8)59(81)72(23)47(32-37(9)10)60(82)73(24)51(39(13)14)62(84)85-52/h25,27,34-47,49-52,63H,26,28-33H2,1-24H3,(H,64,76)(H,65,75)(H,66,78)(H,67,77). The van der Waals surface area contributed by atoms with Crippen molar-refractivity contribution in [2.24, 2.45) is 41.4 Å². The molecule has 1 aliphatic heterocycles. The Morgan fingerprint density at radius 2 is 0.953 bits per heavy atom. The normalized spacial score (nSPS) is 27.4. The Morgan fingerprint density at radius 3 is 1.40 bits per heavy atom. The monoisotopic (exact) mass is 1200 g/mol. The lowest BCUT2D eigenvalue weighted by Gasteiger charge is -2.40. The molecule has 0 aliphatic carbocycles. The van der Waals surface area contributed by atoms with Crippen molar-refractivity contribution >= 4 is 65.0 Å². The van der Waals surface area contributed by atoms with Crippen molar-refractivity contribution < 1.29 is 57.5 Å². The van der Waals surface area contributed by atoms with Crippen molar-refractivity contribution in [2.45, 2.75) is 223 Å². The van der Waals surface area contributed by atoms with E-state index in [2.05, 4.69) is 26.6 Å². The highest BCUT2D eigenvalue weighted by molar-refractivity contribution is 5.98. The Kier molecular flexibility index (Phi) is 32.1. The van der Waals surface area contributed by atoms with E-state index in [9.17, 15) is 47.9 Å². The van der Waals surface area contributed by atoms with E-state index < -0.39 is 156 Å². The van der Waals surface area contributed by atoms with Crippen LogP contribution in [0.25, 0.3) is 0 Å². The van der Waals surface area contributed by atoms with Crippen LogP contribution in [0.1, 0.15) is 156 Å². The smallest absolute Gasteiger partial charge is 0.329 e.